The summed E-state index contributed by atoms with van der Waals surface area (Å²) in [4.78, 5) is 4.26. The van der Waals surface area contributed by atoms with Gasteiger partial charge in [0.05, 0.1) is 16.4 Å². The Morgan fingerprint density at radius 1 is 1.60 bits per heavy atom. The molecule has 1 saturated carbocycles. The molecule has 0 spiro atoms. The molecule has 0 amide bonds. The van der Waals surface area contributed by atoms with Crippen LogP contribution in [0, 0.1) is 5.41 Å². The van der Waals surface area contributed by atoms with Gasteiger partial charge in [-0.3, -0.25) is 0 Å². The van der Waals surface area contributed by atoms with E-state index in [4.69, 9.17) is 5.73 Å². The van der Waals surface area contributed by atoms with Gasteiger partial charge in [0.1, 0.15) is 5.82 Å². The first-order valence-electron chi connectivity index (χ1n) is 5.30. The Kier molecular flexibility index (Phi) is 2.87. The number of pyridine rings is 1. The zero-order chi connectivity index (χ0) is 10.9. The molecule has 4 heteroatoms. The molecule has 0 aromatic carbocycles. The van der Waals surface area contributed by atoms with E-state index in [0.717, 1.165) is 16.8 Å². The van der Waals surface area contributed by atoms with Gasteiger partial charge in [-0.1, -0.05) is 6.92 Å². The van der Waals surface area contributed by atoms with E-state index in [1.807, 2.05) is 6.07 Å². The summed E-state index contributed by atoms with van der Waals surface area (Å²) >= 11 is 3.45. The molecule has 0 bridgehead atoms. The van der Waals surface area contributed by atoms with Crippen LogP contribution >= 0.6 is 15.9 Å². The Bertz CT molecular complexity index is 361. The van der Waals surface area contributed by atoms with Gasteiger partial charge in [0, 0.05) is 6.54 Å². The normalized spacial score (nSPS) is 17.5. The number of hydrogen-bond donors (Lipinski definition) is 2. The van der Waals surface area contributed by atoms with Gasteiger partial charge >= 0.3 is 0 Å². The van der Waals surface area contributed by atoms with E-state index in [9.17, 15) is 0 Å². The number of nitrogens with zero attached hydrogens (tertiary/aromatic N) is 1. The lowest BCUT2D eigenvalue weighted by Crippen LogP contribution is -2.15. The summed E-state index contributed by atoms with van der Waals surface area (Å²) in [6, 6.07) is 1.88. The second kappa shape index (κ2) is 4.00. The van der Waals surface area contributed by atoms with Crippen LogP contribution < -0.4 is 11.1 Å². The molecule has 15 heavy (non-hydrogen) atoms. The summed E-state index contributed by atoms with van der Waals surface area (Å²) in [5.74, 6) is 0.893. The summed E-state index contributed by atoms with van der Waals surface area (Å²) in [6.45, 7) is 3.26. The van der Waals surface area contributed by atoms with Crippen molar-refractivity contribution in [1.29, 1.82) is 0 Å². The molecule has 1 heterocycles. The number of nitrogens with two attached hydrogens (primary N) is 1. The Morgan fingerprint density at radius 3 is 2.87 bits per heavy atom. The molecule has 1 aliphatic rings. The summed E-state index contributed by atoms with van der Waals surface area (Å²) < 4.78 is 0.939. The highest BCUT2D eigenvalue weighted by molar-refractivity contribution is 9.10. The van der Waals surface area contributed by atoms with E-state index in [-0.39, 0.29) is 0 Å². The molecule has 0 saturated heterocycles. The summed E-state index contributed by atoms with van der Waals surface area (Å²) in [6.07, 6.45) is 5.59. The van der Waals surface area contributed by atoms with Crippen molar-refractivity contribution in [2.45, 2.75) is 26.2 Å². The fourth-order valence-electron chi connectivity index (χ4n) is 1.69. The van der Waals surface area contributed by atoms with Gasteiger partial charge < -0.3 is 11.1 Å². The number of anilines is 2. The lowest BCUT2D eigenvalue weighted by molar-refractivity contribution is 0.520. The number of nitrogen functional groups attached to an aromatic ring is 1. The van der Waals surface area contributed by atoms with E-state index in [1.165, 1.54) is 19.3 Å². The summed E-state index contributed by atoms with van der Waals surface area (Å²) in [5.41, 5.74) is 6.84. The summed E-state index contributed by atoms with van der Waals surface area (Å²) in [7, 11) is 0. The monoisotopic (exact) mass is 269 g/mol. The predicted molar refractivity (Wildman–Crippen MR) is 66.8 cm³/mol. The van der Waals surface area contributed by atoms with Crippen LogP contribution in [0.4, 0.5) is 11.5 Å². The summed E-state index contributed by atoms with van der Waals surface area (Å²) in [5, 5.41) is 3.38. The third-order valence-corrected chi connectivity index (χ3v) is 3.80. The van der Waals surface area contributed by atoms with Crippen molar-refractivity contribution < 1.29 is 0 Å². The van der Waals surface area contributed by atoms with Crippen LogP contribution in [0.25, 0.3) is 0 Å². The van der Waals surface area contributed by atoms with Crippen LogP contribution in [-0.4, -0.2) is 11.5 Å². The lowest BCUT2D eigenvalue weighted by Gasteiger charge is -2.14. The highest BCUT2D eigenvalue weighted by Gasteiger charge is 2.40. The third-order valence-electron chi connectivity index (χ3n) is 3.20. The van der Waals surface area contributed by atoms with Crippen LogP contribution in [0.5, 0.6) is 0 Å². The topological polar surface area (TPSA) is 50.9 Å². The van der Waals surface area contributed by atoms with Crippen molar-refractivity contribution in [2.24, 2.45) is 5.41 Å². The van der Waals surface area contributed by atoms with E-state index < -0.39 is 0 Å². The van der Waals surface area contributed by atoms with Gasteiger partial charge in [-0.2, -0.15) is 0 Å². The molecule has 2 rings (SSSR count). The van der Waals surface area contributed by atoms with Crippen LogP contribution in [0.15, 0.2) is 16.7 Å². The quantitative estimate of drug-likeness (QED) is 0.884. The number of halogens is 1. The minimum Gasteiger partial charge on any atom is -0.397 e. The van der Waals surface area contributed by atoms with Crippen molar-refractivity contribution in [3.8, 4) is 0 Å². The minimum atomic E-state index is 0.530. The fourth-order valence-corrected chi connectivity index (χ4v) is 2.19. The molecule has 1 aliphatic carbocycles. The van der Waals surface area contributed by atoms with Crippen molar-refractivity contribution in [2.75, 3.05) is 17.6 Å². The second-order valence-corrected chi connectivity index (χ2v) is 5.16. The maximum Gasteiger partial charge on any atom is 0.140 e. The molecule has 0 aliphatic heterocycles. The smallest absolute Gasteiger partial charge is 0.140 e. The van der Waals surface area contributed by atoms with Gasteiger partial charge in [0.25, 0.3) is 0 Å². The third kappa shape index (κ3) is 2.43. The Hall–Kier alpha value is -0.770. The van der Waals surface area contributed by atoms with Crippen LogP contribution in [0.1, 0.15) is 26.2 Å². The van der Waals surface area contributed by atoms with Crippen LogP contribution in [-0.2, 0) is 0 Å². The zero-order valence-corrected chi connectivity index (χ0v) is 10.5. The first kappa shape index (κ1) is 10.7. The standard InChI is InChI=1S/C11H16BrN3/c1-2-11(3-4-11)7-15-10-9(12)5-8(13)6-14-10/h5-6H,2-4,7,13H2,1H3,(H,14,15). The maximum absolute atomic E-state index is 5.63. The van der Waals surface area contributed by atoms with Gasteiger partial charge in [0.2, 0.25) is 0 Å². The number of aromatic nitrogens is 1. The van der Waals surface area contributed by atoms with Crippen molar-refractivity contribution >= 4 is 27.4 Å². The first-order chi connectivity index (χ1) is 7.15. The number of hydrogen-bond acceptors (Lipinski definition) is 3. The van der Waals surface area contributed by atoms with E-state index in [0.29, 0.717) is 11.1 Å². The second-order valence-electron chi connectivity index (χ2n) is 4.31. The van der Waals surface area contributed by atoms with Gasteiger partial charge in [-0.05, 0) is 46.7 Å². The SMILES string of the molecule is CCC1(CNc2ncc(N)cc2Br)CC1. The average molecular weight is 270 g/mol. The molecule has 0 radical (unpaired) electrons. The Labute approximate surface area is 98.6 Å². The van der Waals surface area contributed by atoms with E-state index in [2.05, 4.69) is 33.2 Å². The van der Waals surface area contributed by atoms with Crippen molar-refractivity contribution in [3.63, 3.8) is 0 Å². The molecule has 3 N–H and O–H groups in total. The van der Waals surface area contributed by atoms with Gasteiger partial charge in [-0.15, -0.1) is 0 Å². The minimum absolute atomic E-state index is 0.530. The Morgan fingerprint density at radius 2 is 2.33 bits per heavy atom. The van der Waals surface area contributed by atoms with E-state index in [1.54, 1.807) is 6.20 Å². The largest absolute Gasteiger partial charge is 0.397 e. The molecular weight excluding hydrogens is 254 g/mol. The maximum atomic E-state index is 5.63. The predicted octanol–water partition coefficient (Wildman–Crippen LogP) is 3.03. The van der Waals surface area contributed by atoms with Crippen LogP contribution in [0.3, 0.4) is 0 Å². The highest BCUT2D eigenvalue weighted by atomic mass is 79.9. The zero-order valence-electron chi connectivity index (χ0n) is 8.89. The fraction of sp³-hybridized carbons (Fsp3) is 0.545. The number of rotatable bonds is 4. The molecule has 1 aromatic heterocycles. The highest BCUT2D eigenvalue weighted by Crippen LogP contribution is 2.48. The molecule has 1 fully saturated rings. The molecule has 82 valence electrons. The molecule has 0 unspecified atom stereocenters. The molecule has 1 aromatic rings. The number of nitrogens with one attached hydrogen (secondary N) is 1. The molecular formula is C11H16BrN3. The van der Waals surface area contributed by atoms with Crippen LogP contribution in [0.2, 0.25) is 0 Å². The van der Waals surface area contributed by atoms with Gasteiger partial charge in [0.15, 0.2) is 0 Å². The van der Waals surface area contributed by atoms with Gasteiger partial charge in [-0.25, -0.2) is 4.98 Å². The lowest BCUT2D eigenvalue weighted by atomic mass is 10.0. The van der Waals surface area contributed by atoms with Crippen molar-refractivity contribution in [3.05, 3.63) is 16.7 Å². The van der Waals surface area contributed by atoms with Crippen molar-refractivity contribution in [1.82, 2.24) is 4.98 Å². The van der Waals surface area contributed by atoms with E-state index >= 15 is 0 Å². The molecule has 0 atom stereocenters. The first-order valence-corrected chi connectivity index (χ1v) is 6.09. The average Bonchev–Trinajstić information content (AvgIpc) is 2.97. The Balaban J connectivity index is 1.99. The molecule has 3 nitrogen and oxygen atoms in total.